The van der Waals surface area contributed by atoms with Crippen LogP contribution in [0.1, 0.15) is 5.56 Å². The number of rotatable bonds is 3. The highest BCUT2D eigenvalue weighted by Gasteiger charge is 1.99. The molecule has 1 rings (SSSR count). The second-order valence-corrected chi connectivity index (χ2v) is 2.70. The molecule has 0 radical (unpaired) electrons. The molecule has 0 bridgehead atoms. The lowest BCUT2D eigenvalue weighted by Crippen LogP contribution is -2.00. The molecule has 0 fully saturated rings. The topological polar surface area (TPSA) is 17.1 Å². The van der Waals surface area contributed by atoms with Crippen LogP contribution in [0.5, 0.6) is 0 Å². The zero-order valence-electron chi connectivity index (χ0n) is 7.01. The number of carbonyl (C=O) groups excluding carboxylic acids is 1. The highest BCUT2D eigenvalue weighted by Crippen LogP contribution is 2.04. The van der Waals surface area contributed by atoms with Gasteiger partial charge in [0.15, 0.2) is 0 Å². The minimum atomic E-state index is -0.261. The van der Waals surface area contributed by atoms with Gasteiger partial charge in [-0.05, 0) is 24.0 Å². The Labute approximate surface area is 72.0 Å². The Morgan fingerprint density at radius 3 is 2.42 bits per heavy atom. The van der Waals surface area contributed by atoms with Crippen LogP contribution in [0.25, 0.3) is 0 Å². The van der Waals surface area contributed by atoms with E-state index in [4.69, 9.17) is 0 Å². The number of Topliss-reactive ketones (excluding diaryl/α,β-unsaturated/α-hetero) is 1. The first-order chi connectivity index (χ1) is 5.72. The third-order valence-corrected chi connectivity index (χ3v) is 1.71. The third-order valence-electron chi connectivity index (χ3n) is 1.71. The van der Waals surface area contributed by atoms with Gasteiger partial charge in [0.05, 0.1) is 0 Å². The van der Waals surface area contributed by atoms with Crippen molar-refractivity contribution in [3.63, 3.8) is 0 Å². The van der Waals surface area contributed by atoms with Crippen LogP contribution in [0, 0.1) is 5.82 Å². The Bertz CT molecular complexity index is 268. The minimum Gasteiger partial charge on any atom is -0.300 e. The van der Waals surface area contributed by atoms with Gasteiger partial charge in [-0.3, -0.25) is 0 Å². The van der Waals surface area contributed by atoms with Crippen LogP contribution < -0.4 is 0 Å². The average Bonchev–Trinajstić information content (AvgIpc) is 2.09. The fraction of sp³-hybridized carbons (Fsp3) is 0.222. The van der Waals surface area contributed by atoms with Crippen molar-refractivity contribution in [1.82, 2.24) is 0 Å². The smallest absolute Gasteiger partial charge is 0.129 e. The highest BCUT2D eigenvalue weighted by molar-refractivity contribution is 6.20. The van der Waals surface area contributed by atoms with Crippen LogP contribution in [0.3, 0.4) is 0 Å². The van der Waals surface area contributed by atoms with E-state index in [0.29, 0.717) is 12.7 Å². The first kappa shape index (κ1) is 8.98. The van der Waals surface area contributed by atoms with Gasteiger partial charge in [0.2, 0.25) is 0 Å². The van der Waals surface area contributed by atoms with E-state index in [9.17, 15) is 9.18 Å². The number of ketones is 1. The zero-order chi connectivity index (χ0) is 8.97. The summed E-state index contributed by atoms with van der Waals surface area (Å²) >= 11 is 0. The fourth-order valence-corrected chi connectivity index (χ4v) is 0.955. The number of halogens is 1. The van der Waals surface area contributed by atoms with E-state index in [1.54, 1.807) is 12.1 Å². The first-order valence-corrected chi connectivity index (χ1v) is 3.98. The SMILES string of the molecule is BCC(=O)Cc1ccc(F)cc1. The maximum atomic E-state index is 12.4. The monoisotopic (exact) mass is 164 g/mol. The second-order valence-electron chi connectivity index (χ2n) is 2.70. The minimum absolute atomic E-state index is 0.182. The van der Waals surface area contributed by atoms with Crippen LogP contribution >= 0.6 is 0 Å². The molecule has 1 aromatic rings. The first-order valence-electron chi connectivity index (χ1n) is 3.98. The molecule has 0 aliphatic heterocycles. The summed E-state index contributed by atoms with van der Waals surface area (Å²) in [6.07, 6.45) is 0.953. The summed E-state index contributed by atoms with van der Waals surface area (Å²) in [6.45, 7) is 0. The molecule has 62 valence electrons. The molecule has 0 aliphatic rings. The van der Waals surface area contributed by atoms with E-state index in [2.05, 4.69) is 0 Å². The Morgan fingerprint density at radius 2 is 1.92 bits per heavy atom. The zero-order valence-corrected chi connectivity index (χ0v) is 7.01. The number of hydrogen-bond donors (Lipinski definition) is 0. The van der Waals surface area contributed by atoms with Crippen LogP contribution in [0.15, 0.2) is 24.3 Å². The highest BCUT2D eigenvalue weighted by atomic mass is 19.1. The maximum Gasteiger partial charge on any atom is 0.129 e. The fourth-order valence-electron chi connectivity index (χ4n) is 0.955. The molecule has 0 aliphatic carbocycles. The molecular formula is C9H10BFO. The van der Waals surface area contributed by atoms with Gasteiger partial charge in [0, 0.05) is 6.42 Å². The van der Waals surface area contributed by atoms with Crippen molar-refractivity contribution < 1.29 is 9.18 Å². The lowest BCUT2D eigenvalue weighted by molar-refractivity contribution is -0.116. The van der Waals surface area contributed by atoms with Crippen LogP contribution in [-0.4, -0.2) is 13.6 Å². The van der Waals surface area contributed by atoms with E-state index in [1.807, 2.05) is 7.85 Å². The largest absolute Gasteiger partial charge is 0.300 e. The van der Waals surface area contributed by atoms with Gasteiger partial charge in [-0.15, -0.1) is 0 Å². The number of hydrogen-bond acceptors (Lipinski definition) is 1. The predicted octanol–water partition coefficient (Wildman–Crippen LogP) is 0.989. The maximum absolute atomic E-state index is 12.4. The van der Waals surface area contributed by atoms with Crippen molar-refractivity contribution in [3.05, 3.63) is 35.6 Å². The van der Waals surface area contributed by atoms with Gasteiger partial charge >= 0.3 is 0 Å². The summed E-state index contributed by atoms with van der Waals surface area (Å²) < 4.78 is 12.4. The molecule has 0 aromatic heterocycles. The van der Waals surface area contributed by atoms with Gasteiger partial charge in [-0.1, -0.05) is 12.1 Å². The van der Waals surface area contributed by atoms with Crippen molar-refractivity contribution in [2.45, 2.75) is 12.7 Å². The van der Waals surface area contributed by atoms with Gasteiger partial charge in [-0.25, -0.2) is 4.39 Å². The Balaban J connectivity index is 2.64. The molecule has 0 heterocycles. The van der Waals surface area contributed by atoms with E-state index >= 15 is 0 Å². The van der Waals surface area contributed by atoms with E-state index < -0.39 is 0 Å². The lowest BCUT2D eigenvalue weighted by Gasteiger charge is -1.97. The van der Waals surface area contributed by atoms with Gasteiger partial charge < -0.3 is 4.79 Å². The molecule has 0 unspecified atom stereocenters. The molecule has 3 heteroatoms. The molecule has 0 atom stereocenters. The van der Waals surface area contributed by atoms with E-state index in [1.165, 1.54) is 12.1 Å². The van der Waals surface area contributed by atoms with Crippen molar-refractivity contribution in [1.29, 1.82) is 0 Å². The Hall–Kier alpha value is -1.12. The van der Waals surface area contributed by atoms with Crippen LogP contribution in [0.2, 0.25) is 6.32 Å². The average molecular weight is 164 g/mol. The number of benzene rings is 1. The van der Waals surface area contributed by atoms with Gasteiger partial charge in [0.1, 0.15) is 19.4 Å². The summed E-state index contributed by atoms with van der Waals surface area (Å²) in [7, 11) is 1.83. The normalized spacial score (nSPS) is 9.75. The molecule has 0 saturated carbocycles. The van der Waals surface area contributed by atoms with Crippen molar-refractivity contribution in [2.24, 2.45) is 0 Å². The summed E-state index contributed by atoms with van der Waals surface area (Å²) in [5, 5.41) is 0. The van der Waals surface area contributed by atoms with Gasteiger partial charge in [-0.2, -0.15) is 0 Å². The Morgan fingerprint density at radius 1 is 1.33 bits per heavy atom. The van der Waals surface area contributed by atoms with Crippen molar-refractivity contribution in [2.75, 3.05) is 0 Å². The van der Waals surface area contributed by atoms with Crippen LogP contribution in [0.4, 0.5) is 4.39 Å². The molecule has 1 aromatic carbocycles. The van der Waals surface area contributed by atoms with Gasteiger partial charge in [0.25, 0.3) is 0 Å². The molecule has 12 heavy (non-hydrogen) atoms. The molecule has 0 spiro atoms. The summed E-state index contributed by atoms with van der Waals surface area (Å²) in [6, 6.07) is 6.03. The number of carbonyl (C=O) groups is 1. The molecular weight excluding hydrogens is 154 g/mol. The summed E-state index contributed by atoms with van der Waals surface area (Å²) in [5.41, 5.74) is 0.878. The predicted molar refractivity (Wildman–Crippen MR) is 48.5 cm³/mol. The summed E-state index contributed by atoms with van der Waals surface area (Å²) in [5.74, 6) is -0.0793. The molecule has 0 amide bonds. The van der Waals surface area contributed by atoms with E-state index in [-0.39, 0.29) is 11.6 Å². The quantitative estimate of drug-likeness (QED) is 0.608. The molecule has 0 N–H and O–H groups in total. The molecule has 0 saturated heterocycles. The van der Waals surface area contributed by atoms with Crippen LogP contribution in [-0.2, 0) is 11.2 Å². The second kappa shape index (κ2) is 4.05. The Kier molecular flexibility index (Phi) is 3.03. The third kappa shape index (κ3) is 2.49. The summed E-state index contributed by atoms with van der Waals surface area (Å²) in [4.78, 5) is 11.0. The lowest BCUT2D eigenvalue weighted by atomic mass is 9.96. The van der Waals surface area contributed by atoms with E-state index in [0.717, 1.165) is 5.56 Å². The molecule has 1 nitrogen and oxygen atoms in total. The van der Waals surface area contributed by atoms with Crippen molar-refractivity contribution in [3.8, 4) is 0 Å². The standard InChI is InChI=1S/C9H10BFO/c10-6-9(12)5-7-1-3-8(11)4-2-7/h1-4H,5-6,10H2. The van der Waals surface area contributed by atoms with Crippen molar-refractivity contribution >= 4 is 13.6 Å².